The van der Waals surface area contributed by atoms with Gasteiger partial charge in [-0.15, -0.1) is 0 Å². The molecular weight excluding hydrogens is 1050 g/mol. The Morgan fingerprint density at radius 2 is 0.311 bits per heavy atom. The minimum absolute atomic E-state index is 0. The van der Waals surface area contributed by atoms with Crippen molar-refractivity contribution in [2.24, 2.45) is 32.5 Å². The van der Waals surface area contributed by atoms with Crippen molar-refractivity contribution in [3.63, 3.8) is 0 Å². The third-order valence-electron chi connectivity index (χ3n) is 10.8. The van der Waals surface area contributed by atoms with Crippen molar-refractivity contribution in [1.29, 1.82) is 0 Å². The normalized spacial score (nSPS) is 11.3. The fourth-order valence-corrected chi connectivity index (χ4v) is 6.61. The van der Waals surface area contributed by atoms with E-state index in [-0.39, 0.29) is 71.4 Å². The monoisotopic (exact) mass is 1160 g/mol. The molecule has 0 saturated heterocycles. The summed E-state index contributed by atoms with van der Waals surface area (Å²) in [5.74, 6) is -5.55. The van der Waals surface area contributed by atoms with Crippen LogP contribution in [0, 0.1) is 32.5 Å². The summed E-state index contributed by atoms with van der Waals surface area (Å²) >= 11 is 0. The first-order valence-corrected chi connectivity index (χ1v) is 27.7. The van der Waals surface area contributed by atoms with Crippen molar-refractivity contribution < 1.29 is 59.4 Å². The minimum atomic E-state index is -0.925. The molecule has 0 aromatic rings. The van der Waals surface area contributed by atoms with Gasteiger partial charge in [-0.25, -0.2) is 0 Å². The Labute approximate surface area is 475 Å². The van der Waals surface area contributed by atoms with Crippen LogP contribution in [0.25, 0.3) is 0 Å². The second-order valence-corrected chi connectivity index (χ2v) is 27.0. The van der Waals surface area contributed by atoms with Crippen LogP contribution in [-0.4, -0.2) is 68.7 Å². The predicted molar refractivity (Wildman–Crippen MR) is 297 cm³/mol. The zero-order chi connectivity index (χ0) is 57.7. The molecule has 0 amide bonds. The van der Waals surface area contributed by atoms with Crippen molar-refractivity contribution in [3.8, 4) is 0 Å². The molecule has 2 radical (unpaired) electrons. The van der Waals surface area contributed by atoms with E-state index in [2.05, 4.69) is 125 Å². The van der Waals surface area contributed by atoms with Crippen molar-refractivity contribution in [2.75, 3.05) is 0 Å². The van der Waals surface area contributed by atoms with Gasteiger partial charge in [0.25, 0.3) is 0 Å². The van der Waals surface area contributed by atoms with E-state index in [1.165, 1.54) is 38.5 Å². The Morgan fingerprint density at radius 3 is 0.378 bits per heavy atom. The molecule has 0 heterocycles. The van der Waals surface area contributed by atoms with Gasteiger partial charge in [-0.05, 0) is 148 Å². The second-order valence-electron chi connectivity index (χ2n) is 27.0. The Morgan fingerprint density at radius 1 is 0.216 bits per heavy atom. The van der Waals surface area contributed by atoms with E-state index in [0.29, 0.717) is 32.5 Å². The number of aliphatic carboxylic acids is 6. The number of hydrogen-bond donors (Lipinski definition) is 0. The van der Waals surface area contributed by atoms with Crippen LogP contribution in [0.2, 0.25) is 0 Å². The fraction of sp³-hybridized carbons (Fsp3) is 0.900. The van der Waals surface area contributed by atoms with Crippen LogP contribution in [0.4, 0.5) is 0 Å². The van der Waals surface area contributed by atoms with E-state index in [9.17, 15) is 59.4 Å². The first kappa shape index (κ1) is 88.3. The topological polar surface area (TPSA) is 241 Å². The van der Waals surface area contributed by atoms with Crippen LogP contribution in [-0.2, 0) is 28.8 Å². The van der Waals surface area contributed by atoms with Crippen LogP contribution in [0.3, 0.4) is 0 Å². The van der Waals surface area contributed by atoms with Crippen LogP contribution in [0.5, 0.6) is 0 Å². The van der Waals surface area contributed by atoms with Crippen LogP contribution in [0.1, 0.15) is 317 Å². The molecule has 0 aliphatic heterocycles. The predicted octanol–water partition coefficient (Wildman–Crippen LogP) is 9.64. The molecule has 0 saturated carbocycles. The number of hydrogen-bond acceptors (Lipinski definition) is 12. The SMILES string of the molecule is CC(C)(C)CCCCCC(=O)[O-].CC(C)(C)CCCCCC(=O)[O-].CC(C)(C)CCCCCC(=O)[O-].CC(C)(C)CCCCCC(=O)[O-].CC(C)(C)CCCCCC(=O)[O-].CC(C)(C)CCCCCC(=O)[O-].[B+3].[Sb+3]. The van der Waals surface area contributed by atoms with Crippen LogP contribution >= 0.6 is 0 Å². The van der Waals surface area contributed by atoms with Gasteiger partial charge in [0, 0.05) is 35.8 Å². The van der Waals surface area contributed by atoms with Gasteiger partial charge in [-0.1, -0.05) is 202 Å². The first-order valence-electron chi connectivity index (χ1n) is 27.7. The standard InChI is InChI=1S/6C10H20O2.B.Sb/c6*1-10(2,3)8-6-4-5-7-9(11)12;;/h6*4-8H2,1-3H3,(H,11,12);;/q;;;;;;2*+3/p-6. The van der Waals surface area contributed by atoms with Gasteiger partial charge < -0.3 is 59.4 Å². The molecule has 434 valence electrons. The summed E-state index contributed by atoms with van der Waals surface area (Å²) in [5.41, 5.74) is 2.26. The summed E-state index contributed by atoms with van der Waals surface area (Å²) < 4.78 is 0. The van der Waals surface area contributed by atoms with Gasteiger partial charge in [-0.2, -0.15) is 0 Å². The van der Waals surface area contributed by atoms with Gasteiger partial charge in [0.05, 0.1) is 0 Å². The smallest absolute Gasteiger partial charge is 0.550 e. The molecule has 0 N–H and O–H groups in total. The van der Waals surface area contributed by atoms with Gasteiger partial charge >= 0.3 is 32.8 Å². The summed E-state index contributed by atoms with van der Waals surface area (Å²) in [5, 5.41) is 60.3. The maximum absolute atomic E-state index is 10.0. The molecule has 0 aromatic carbocycles. The fourth-order valence-electron chi connectivity index (χ4n) is 6.61. The Kier molecular flexibility index (Phi) is 61.4. The molecule has 0 atom stereocenters. The van der Waals surface area contributed by atoms with Gasteiger partial charge in [0.1, 0.15) is 0 Å². The summed E-state index contributed by atoms with van der Waals surface area (Å²) in [7, 11) is 0. The molecule has 0 spiro atoms. The summed E-state index contributed by atoms with van der Waals surface area (Å²) in [4.78, 5) is 60.3. The number of carboxylic acid groups (broad SMARTS) is 6. The van der Waals surface area contributed by atoms with E-state index in [1.54, 1.807) is 0 Å². The average Bonchev–Trinajstić information content (AvgIpc) is 3.15. The maximum Gasteiger partial charge on any atom is 3.00 e. The zero-order valence-corrected chi connectivity index (χ0v) is 53.7. The molecule has 74 heavy (non-hydrogen) atoms. The maximum atomic E-state index is 10.0. The third kappa shape index (κ3) is 123. The summed E-state index contributed by atoms with van der Waals surface area (Å²) in [6.45, 7) is 39.6. The molecule has 0 rings (SSSR count). The van der Waals surface area contributed by atoms with Gasteiger partial charge in [-0.3, -0.25) is 0 Å². The van der Waals surface area contributed by atoms with E-state index in [1.807, 2.05) is 0 Å². The zero-order valence-electron chi connectivity index (χ0n) is 51.1. The van der Waals surface area contributed by atoms with E-state index >= 15 is 0 Å². The van der Waals surface area contributed by atoms with Crippen molar-refractivity contribution in [1.82, 2.24) is 0 Å². The number of carboxylic acids is 6. The van der Waals surface area contributed by atoms with Gasteiger partial charge in [0.15, 0.2) is 0 Å². The summed E-state index contributed by atoms with van der Waals surface area (Å²) in [6.07, 6.45) is 25.6. The second kappa shape index (κ2) is 51.5. The molecule has 0 unspecified atom stereocenters. The Balaban J connectivity index is -0.000000117. The molecular formula is C60H114BO12Sb. The third-order valence-corrected chi connectivity index (χ3v) is 10.8. The van der Waals surface area contributed by atoms with E-state index in [4.69, 9.17) is 0 Å². The van der Waals surface area contributed by atoms with E-state index < -0.39 is 35.8 Å². The molecule has 0 fully saturated rings. The van der Waals surface area contributed by atoms with Crippen molar-refractivity contribution >= 4 is 68.7 Å². The first-order chi connectivity index (χ1) is 32.5. The largest absolute Gasteiger partial charge is 3.00 e. The minimum Gasteiger partial charge on any atom is -0.550 e. The molecule has 0 aliphatic rings. The van der Waals surface area contributed by atoms with Crippen LogP contribution < -0.4 is 30.6 Å². The van der Waals surface area contributed by atoms with Crippen molar-refractivity contribution in [3.05, 3.63) is 0 Å². The number of carbonyl (C=O) groups is 6. The number of rotatable bonds is 30. The van der Waals surface area contributed by atoms with Gasteiger partial charge in [0.2, 0.25) is 0 Å². The Bertz CT molecular complexity index is 1080. The summed E-state index contributed by atoms with van der Waals surface area (Å²) in [6, 6.07) is 0. The Hall–Kier alpha value is -2.30. The average molecular weight is 1160 g/mol. The molecule has 0 aromatic heterocycles. The van der Waals surface area contributed by atoms with E-state index in [0.717, 1.165) is 116 Å². The molecule has 0 bridgehead atoms. The van der Waals surface area contributed by atoms with Crippen molar-refractivity contribution in [2.45, 2.75) is 317 Å². The molecule has 0 aliphatic carbocycles. The number of carbonyl (C=O) groups excluding carboxylic acids is 6. The molecule has 14 heteroatoms. The van der Waals surface area contributed by atoms with Crippen LogP contribution in [0.15, 0.2) is 0 Å². The quantitative estimate of drug-likeness (QED) is 0.0482. The number of unbranched alkanes of at least 4 members (excludes halogenated alkanes) is 12. The molecule has 12 nitrogen and oxygen atoms in total.